The van der Waals surface area contributed by atoms with Gasteiger partial charge in [0.15, 0.2) is 0 Å². The van der Waals surface area contributed by atoms with Gasteiger partial charge in [-0.2, -0.15) is 0 Å². The first-order chi connectivity index (χ1) is 10.2. The monoisotopic (exact) mass is 296 g/mol. The van der Waals surface area contributed by atoms with E-state index >= 15 is 0 Å². The first-order valence-corrected chi connectivity index (χ1v) is 7.58. The lowest BCUT2D eigenvalue weighted by atomic mass is 10.1. The molecule has 0 aliphatic carbocycles. The average Bonchev–Trinajstić information content (AvgIpc) is 2.96. The van der Waals surface area contributed by atoms with Crippen molar-refractivity contribution in [2.24, 2.45) is 4.99 Å². The number of nitrogens with zero attached hydrogens (tertiary/aromatic N) is 3. The van der Waals surface area contributed by atoms with E-state index in [1.54, 1.807) is 18.4 Å². The van der Waals surface area contributed by atoms with Crippen molar-refractivity contribution in [3.8, 4) is 0 Å². The Labute approximate surface area is 127 Å². The molecule has 2 aromatic heterocycles. The number of benzene rings is 1. The Balaban J connectivity index is 1.88. The summed E-state index contributed by atoms with van der Waals surface area (Å²) in [7, 11) is 1.80. The lowest BCUT2D eigenvalue weighted by Gasteiger charge is -2.07. The molecule has 0 saturated carbocycles. The van der Waals surface area contributed by atoms with Crippen LogP contribution in [0.4, 0.5) is 11.6 Å². The second kappa shape index (κ2) is 5.61. The lowest BCUT2D eigenvalue weighted by molar-refractivity contribution is 1.16. The summed E-state index contributed by atoms with van der Waals surface area (Å²) in [5.41, 5.74) is 5.10. The maximum Gasteiger partial charge on any atom is 0.228 e. The van der Waals surface area contributed by atoms with Crippen LogP contribution >= 0.6 is 11.3 Å². The lowest BCUT2D eigenvalue weighted by Crippen LogP contribution is -1.99. The van der Waals surface area contributed by atoms with E-state index < -0.39 is 0 Å². The van der Waals surface area contributed by atoms with E-state index in [0.29, 0.717) is 5.95 Å². The van der Waals surface area contributed by atoms with Crippen LogP contribution in [0.15, 0.2) is 40.7 Å². The number of nitrogens with one attached hydrogen (secondary N) is 1. The Morgan fingerprint density at radius 1 is 1.14 bits per heavy atom. The van der Waals surface area contributed by atoms with Gasteiger partial charge in [-0.15, -0.1) is 11.3 Å². The smallest absolute Gasteiger partial charge is 0.228 e. The standard InChI is InChI=1S/C16H16N4S/c1-10(17-3)12-4-6-13(7-5-12)19-16-18-11(2)15-14(20-16)8-9-21-15/h4-9H,1-3H3,(H,18,19,20). The van der Waals surface area contributed by atoms with Gasteiger partial charge < -0.3 is 5.32 Å². The number of aryl methyl sites for hydroxylation is 1. The van der Waals surface area contributed by atoms with Gasteiger partial charge in [0.25, 0.3) is 0 Å². The van der Waals surface area contributed by atoms with Gasteiger partial charge in [-0.1, -0.05) is 12.1 Å². The maximum absolute atomic E-state index is 4.53. The number of aliphatic imine (C=N–C) groups is 1. The van der Waals surface area contributed by atoms with Gasteiger partial charge in [-0.05, 0) is 43.0 Å². The number of fused-ring (bicyclic) bond motifs is 1. The Kier molecular flexibility index (Phi) is 3.66. The number of anilines is 2. The quantitative estimate of drug-likeness (QED) is 0.738. The third-order valence-electron chi connectivity index (χ3n) is 3.37. The van der Waals surface area contributed by atoms with Crippen LogP contribution in [0.2, 0.25) is 0 Å². The molecule has 0 unspecified atom stereocenters. The second-order valence-corrected chi connectivity index (χ2v) is 5.70. The molecule has 0 radical (unpaired) electrons. The molecule has 5 heteroatoms. The van der Waals surface area contributed by atoms with E-state index in [-0.39, 0.29) is 0 Å². The van der Waals surface area contributed by atoms with Gasteiger partial charge in [0.2, 0.25) is 5.95 Å². The zero-order chi connectivity index (χ0) is 14.8. The fourth-order valence-electron chi connectivity index (χ4n) is 2.12. The molecular formula is C16H16N4S. The molecule has 2 heterocycles. The summed E-state index contributed by atoms with van der Waals surface area (Å²) in [5, 5.41) is 5.29. The van der Waals surface area contributed by atoms with Crippen LogP contribution in [-0.4, -0.2) is 22.7 Å². The van der Waals surface area contributed by atoms with Crippen molar-refractivity contribution >= 4 is 38.9 Å². The third kappa shape index (κ3) is 2.78. The maximum atomic E-state index is 4.53. The zero-order valence-electron chi connectivity index (χ0n) is 12.2. The van der Waals surface area contributed by atoms with Crippen molar-refractivity contribution in [2.75, 3.05) is 12.4 Å². The van der Waals surface area contributed by atoms with Crippen molar-refractivity contribution < 1.29 is 0 Å². The Morgan fingerprint density at radius 2 is 1.90 bits per heavy atom. The molecule has 3 rings (SSSR count). The number of hydrogen-bond donors (Lipinski definition) is 1. The van der Waals surface area contributed by atoms with Crippen LogP contribution < -0.4 is 5.32 Å². The normalized spacial score (nSPS) is 11.9. The van der Waals surface area contributed by atoms with E-state index in [1.807, 2.05) is 49.6 Å². The van der Waals surface area contributed by atoms with Crippen molar-refractivity contribution in [2.45, 2.75) is 13.8 Å². The van der Waals surface area contributed by atoms with E-state index in [0.717, 1.165) is 32.9 Å². The summed E-state index contributed by atoms with van der Waals surface area (Å²) >= 11 is 1.67. The van der Waals surface area contributed by atoms with Crippen LogP contribution in [0.25, 0.3) is 10.2 Å². The fraction of sp³-hybridized carbons (Fsp3) is 0.188. The zero-order valence-corrected chi connectivity index (χ0v) is 13.0. The van der Waals surface area contributed by atoms with Gasteiger partial charge in [0, 0.05) is 18.4 Å². The molecule has 0 bridgehead atoms. The molecular weight excluding hydrogens is 280 g/mol. The van der Waals surface area contributed by atoms with Crippen LogP contribution in [0.5, 0.6) is 0 Å². The number of thiophene rings is 1. The molecule has 106 valence electrons. The summed E-state index contributed by atoms with van der Waals surface area (Å²) in [5.74, 6) is 0.632. The molecule has 3 aromatic rings. The van der Waals surface area contributed by atoms with Crippen molar-refractivity contribution in [3.05, 3.63) is 47.0 Å². The van der Waals surface area contributed by atoms with Gasteiger partial charge >= 0.3 is 0 Å². The largest absolute Gasteiger partial charge is 0.324 e. The molecule has 0 saturated heterocycles. The van der Waals surface area contributed by atoms with Crippen molar-refractivity contribution in [1.29, 1.82) is 0 Å². The minimum Gasteiger partial charge on any atom is -0.324 e. The van der Waals surface area contributed by atoms with Crippen LogP contribution in [-0.2, 0) is 0 Å². The fourth-order valence-corrected chi connectivity index (χ4v) is 2.90. The molecule has 1 aromatic carbocycles. The molecule has 0 aliphatic rings. The molecule has 0 amide bonds. The predicted octanol–water partition coefficient (Wildman–Crippen LogP) is 4.18. The van der Waals surface area contributed by atoms with Crippen molar-refractivity contribution in [3.63, 3.8) is 0 Å². The Morgan fingerprint density at radius 3 is 2.62 bits per heavy atom. The highest BCUT2D eigenvalue weighted by atomic mass is 32.1. The summed E-state index contributed by atoms with van der Waals surface area (Å²) < 4.78 is 1.14. The Hall–Kier alpha value is -2.27. The molecule has 4 nitrogen and oxygen atoms in total. The average molecular weight is 296 g/mol. The van der Waals surface area contributed by atoms with Gasteiger partial charge in [0.1, 0.15) is 0 Å². The highest BCUT2D eigenvalue weighted by Gasteiger charge is 2.06. The van der Waals surface area contributed by atoms with Crippen LogP contribution in [0.1, 0.15) is 18.2 Å². The molecule has 0 fully saturated rings. The minimum atomic E-state index is 0.632. The summed E-state index contributed by atoms with van der Waals surface area (Å²) in [6, 6.07) is 10.1. The molecule has 0 atom stereocenters. The number of rotatable bonds is 3. The highest BCUT2D eigenvalue weighted by Crippen LogP contribution is 2.24. The van der Waals surface area contributed by atoms with Gasteiger partial charge in [-0.3, -0.25) is 4.99 Å². The minimum absolute atomic E-state index is 0.632. The number of aromatic nitrogens is 2. The third-order valence-corrected chi connectivity index (χ3v) is 4.38. The van der Waals surface area contributed by atoms with Gasteiger partial charge in [-0.25, -0.2) is 9.97 Å². The van der Waals surface area contributed by atoms with Crippen LogP contribution in [0.3, 0.4) is 0 Å². The summed E-state index contributed by atoms with van der Waals surface area (Å²) in [4.78, 5) is 13.2. The van der Waals surface area contributed by atoms with Gasteiger partial charge in [0.05, 0.1) is 15.9 Å². The number of hydrogen-bond acceptors (Lipinski definition) is 5. The SMILES string of the molecule is CN=C(C)c1ccc(Nc2nc(C)c3sccc3n2)cc1. The van der Waals surface area contributed by atoms with Crippen molar-refractivity contribution in [1.82, 2.24) is 9.97 Å². The molecule has 21 heavy (non-hydrogen) atoms. The molecule has 0 aliphatic heterocycles. The van der Waals surface area contributed by atoms with Crippen LogP contribution in [0, 0.1) is 6.92 Å². The van der Waals surface area contributed by atoms with E-state index in [2.05, 4.69) is 20.3 Å². The topological polar surface area (TPSA) is 50.2 Å². The molecule has 1 N–H and O–H groups in total. The first kappa shape index (κ1) is 13.7. The predicted molar refractivity (Wildman–Crippen MR) is 90.0 cm³/mol. The van der Waals surface area contributed by atoms with E-state index in [9.17, 15) is 0 Å². The molecule has 0 spiro atoms. The highest BCUT2D eigenvalue weighted by molar-refractivity contribution is 7.17. The summed E-state index contributed by atoms with van der Waals surface area (Å²) in [6.45, 7) is 4.01. The van der Waals surface area contributed by atoms with E-state index in [1.165, 1.54) is 0 Å². The second-order valence-electron chi connectivity index (χ2n) is 4.78. The first-order valence-electron chi connectivity index (χ1n) is 6.70. The summed E-state index contributed by atoms with van der Waals surface area (Å²) in [6.07, 6.45) is 0. The van der Waals surface area contributed by atoms with E-state index in [4.69, 9.17) is 0 Å². The Bertz CT molecular complexity index is 803.